The fourth-order valence-electron chi connectivity index (χ4n) is 4.22. The van der Waals surface area contributed by atoms with Crippen molar-refractivity contribution in [2.75, 3.05) is 6.54 Å². The molecule has 1 aliphatic rings. The smallest absolute Gasteiger partial charge is 0.260 e. The van der Waals surface area contributed by atoms with Gasteiger partial charge < -0.3 is 0 Å². The highest BCUT2D eigenvalue weighted by Crippen LogP contribution is 2.37. The molecule has 6 nitrogen and oxygen atoms in total. The van der Waals surface area contributed by atoms with E-state index in [1.54, 1.807) is 11.6 Å². The first-order valence-electron chi connectivity index (χ1n) is 10.1. The third-order valence-electron chi connectivity index (χ3n) is 5.96. The summed E-state index contributed by atoms with van der Waals surface area (Å²) in [5.74, 6) is 0. The summed E-state index contributed by atoms with van der Waals surface area (Å²) in [4.78, 5) is 6.93. The van der Waals surface area contributed by atoms with Crippen LogP contribution in [-0.4, -0.2) is 41.3 Å². The van der Waals surface area contributed by atoms with Gasteiger partial charge in [-0.05, 0) is 42.3 Å². The Morgan fingerprint density at radius 3 is 2.15 bits per heavy atom. The van der Waals surface area contributed by atoms with Gasteiger partial charge in [0.15, 0.2) is 15.1 Å². The summed E-state index contributed by atoms with van der Waals surface area (Å²) in [5.41, 5.74) is 2.13. The number of halogens is 3. The minimum atomic E-state index is -3.86. The topological polar surface area (TPSA) is 66.7 Å². The van der Waals surface area contributed by atoms with Gasteiger partial charge in [-0.15, -0.1) is 11.3 Å². The molecule has 0 bridgehead atoms. The van der Waals surface area contributed by atoms with Crippen LogP contribution >= 0.6 is 46.1 Å². The molecule has 1 N–H and O–H groups in total. The number of imidazole rings is 1. The largest absolute Gasteiger partial charge is 0.286 e. The quantitative estimate of drug-likeness (QED) is 0.350. The van der Waals surface area contributed by atoms with E-state index in [9.17, 15) is 8.42 Å². The van der Waals surface area contributed by atoms with Crippen molar-refractivity contribution in [1.82, 2.24) is 19.0 Å². The lowest BCUT2D eigenvalue weighted by Gasteiger charge is -2.50. The molecule has 0 saturated carbocycles. The number of rotatable bonds is 6. The molecule has 1 aliphatic heterocycles. The molecule has 0 spiro atoms. The maximum atomic E-state index is 13.2. The molecular formula is C22H19Cl3N4O2S2. The predicted octanol–water partition coefficient (Wildman–Crippen LogP) is 5.50. The van der Waals surface area contributed by atoms with Crippen LogP contribution in [0.15, 0.2) is 65.1 Å². The van der Waals surface area contributed by atoms with E-state index in [0.29, 0.717) is 21.6 Å². The third-order valence-corrected chi connectivity index (χ3v) is 9.10. The molecule has 2 aromatic heterocycles. The first-order chi connectivity index (χ1) is 15.7. The highest BCUT2D eigenvalue weighted by Gasteiger charge is 2.43. The normalized spacial score (nSPS) is 19.3. The van der Waals surface area contributed by atoms with Crippen LogP contribution in [0.25, 0.3) is 4.96 Å². The summed E-state index contributed by atoms with van der Waals surface area (Å²) in [6.07, 6.45) is 1.65. The van der Waals surface area contributed by atoms with E-state index in [0.717, 1.165) is 11.1 Å². The molecule has 3 heterocycles. The molecule has 1 saturated heterocycles. The summed E-state index contributed by atoms with van der Waals surface area (Å²) >= 11 is 19.7. The second-order valence-electron chi connectivity index (χ2n) is 7.93. The van der Waals surface area contributed by atoms with Gasteiger partial charge in [-0.25, -0.2) is 18.1 Å². The van der Waals surface area contributed by atoms with E-state index in [-0.39, 0.29) is 28.3 Å². The van der Waals surface area contributed by atoms with E-state index in [1.165, 1.54) is 15.7 Å². The SMILES string of the molecule is C[C@@H]1[C@@H](NS(=O)(=O)c2c(Cl)nc3sccn23)CN1C(c1ccc(Cl)cc1)c1ccc(Cl)cc1. The number of aromatic nitrogens is 2. The number of benzene rings is 2. The first kappa shape index (κ1) is 23.1. The van der Waals surface area contributed by atoms with Gasteiger partial charge >= 0.3 is 0 Å². The number of nitrogens with one attached hydrogen (secondary N) is 1. The van der Waals surface area contributed by atoms with E-state index >= 15 is 0 Å². The zero-order valence-corrected chi connectivity index (χ0v) is 21.2. The van der Waals surface area contributed by atoms with Crippen molar-refractivity contribution < 1.29 is 8.42 Å². The number of thiazole rings is 1. The van der Waals surface area contributed by atoms with Gasteiger partial charge in [-0.2, -0.15) is 0 Å². The minimum absolute atomic E-state index is 0.0293. The van der Waals surface area contributed by atoms with Gasteiger partial charge in [-0.3, -0.25) is 9.30 Å². The maximum absolute atomic E-state index is 13.2. The molecule has 0 unspecified atom stereocenters. The fourth-order valence-corrected chi connectivity index (χ4v) is 7.22. The number of sulfonamides is 1. The van der Waals surface area contributed by atoms with Crippen molar-refractivity contribution in [2.24, 2.45) is 0 Å². The van der Waals surface area contributed by atoms with Crippen LogP contribution in [0, 0.1) is 0 Å². The Kier molecular flexibility index (Phi) is 6.20. The van der Waals surface area contributed by atoms with Gasteiger partial charge in [0.2, 0.25) is 0 Å². The molecule has 0 amide bonds. The lowest BCUT2D eigenvalue weighted by molar-refractivity contribution is 0.0369. The van der Waals surface area contributed by atoms with Crippen LogP contribution in [0.2, 0.25) is 15.2 Å². The molecule has 11 heteroatoms. The monoisotopic (exact) mass is 540 g/mol. The Morgan fingerprint density at radius 1 is 1.03 bits per heavy atom. The summed E-state index contributed by atoms with van der Waals surface area (Å²) in [6, 6.07) is 15.0. The molecule has 5 rings (SSSR count). The van der Waals surface area contributed by atoms with E-state index in [2.05, 4.69) is 14.6 Å². The van der Waals surface area contributed by atoms with Crippen LogP contribution in [0.1, 0.15) is 24.1 Å². The third kappa shape index (κ3) is 4.30. The highest BCUT2D eigenvalue weighted by molar-refractivity contribution is 7.89. The van der Waals surface area contributed by atoms with E-state index in [1.807, 2.05) is 55.5 Å². The zero-order chi connectivity index (χ0) is 23.3. The highest BCUT2D eigenvalue weighted by atomic mass is 35.5. The van der Waals surface area contributed by atoms with Gasteiger partial charge in [-0.1, -0.05) is 59.1 Å². The number of hydrogen-bond donors (Lipinski definition) is 1. The van der Waals surface area contributed by atoms with Crippen LogP contribution < -0.4 is 4.72 Å². The number of nitrogens with zero attached hydrogens (tertiary/aromatic N) is 3. The van der Waals surface area contributed by atoms with Crippen LogP contribution in [0.4, 0.5) is 0 Å². The lowest BCUT2D eigenvalue weighted by Crippen LogP contribution is -2.66. The number of hydrogen-bond acceptors (Lipinski definition) is 5. The van der Waals surface area contributed by atoms with Gasteiger partial charge in [0.05, 0.1) is 12.1 Å². The standard InChI is InChI=1S/C22H19Cl3N4O2S2/c1-13-18(27-33(30,31)21-20(25)26-22-28(21)10-11-32-22)12-29(13)19(14-2-6-16(23)7-3-14)15-4-8-17(24)9-5-15/h2-11,13,18-19,27H,12H2,1H3/t13-,18+/m1/s1. The second-order valence-corrected chi connectivity index (χ2v) is 11.7. The molecule has 2 atom stereocenters. The minimum Gasteiger partial charge on any atom is -0.286 e. The van der Waals surface area contributed by atoms with Crippen LogP contribution in [-0.2, 0) is 10.0 Å². The second kappa shape index (κ2) is 8.85. The number of likely N-dealkylation sites (tertiary alicyclic amines) is 1. The molecule has 0 aliphatic carbocycles. The Balaban J connectivity index is 1.41. The Morgan fingerprint density at radius 2 is 1.61 bits per heavy atom. The van der Waals surface area contributed by atoms with Crippen LogP contribution in [0.3, 0.4) is 0 Å². The van der Waals surface area contributed by atoms with Crippen molar-refractivity contribution in [3.63, 3.8) is 0 Å². The summed E-state index contributed by atoms with van der Waals surface area (Å²) in [7, 11) is -3.86. The van der Waals surface area contributed by atoms with Crippen molar-refractivity contribution in [1.29, 1.82) is 0 Å². The molecule has 0 radical (unpaired) electrons. The Bertz CT molecular complexity index is 1360. The van der Waals surface area contributed by atoms with Crippen LogP contribution in [0.5, 0.6) is 0 Å². The molecule has 2 aromatic carbocycles. The molecule has 172 valence electrons. The molecular weight excluding hydrogens is 523 g/mol. The van der Waals surface area contributed by atoms with Gasteiger partial charge in [0.1, 0.15) is 0 Å². The zero-order valence-electron chi connectivity index (χ0n) is 17.3. The number of fused-ring (bicyclic) bond motifs is 1. The van der Waals surface area contributed by atoms with Gasteiger partial charge in [0.25, 0.3) is 10.0 Å². The molecule has 1 fully saturated rings. The lowest BCUT2D eigenvalue weighted by atomic mass is 9.89. The fraction of sp³-hybridized carbons (Fsp3) is 0.227. The van der Waals surface area contributed by atoms with Crippen molar-refractivity contribution in [3.8, 4) is 0 Å². The molecule has 4 aromatic rings. The molecule has 33 heavy (non-hydrogen) atoms. The maximum Gasteiger partial charge on any atom is 0.260 e. The predicted molar refractivity (Wildman–Crippen MR) is 133 cm³/mol. The Hall–Kier alpha value is -1.65. The average molecular weight is 542 g/mol. The summed E-state index contributed by atoms with van der Waals surface area (Å²) in [6.45, 7) is 2.53. The van der Waals surface area contributed by atoms with Crippen molar-refractivity contribution in [3.05, 3.63) is 86.4 Å². The average Bonchev–Trinajstić information content (AvgIpc) is 3.34. The van der Waals surface area contributed by atoms with Crippen molar-refractivity contribution >= 4 is 61.1 Å². The van der Waals surface area contributed by atoms with E-state index in [4.69, 9.17) is 34.8 Å². The van der Waals surface area contributed by atoms with Gasteiger partial charge in [0, 0.05) is 34.2 Å². The van der Waals surface area contributed by atoms with E-state index < -0.39 is 10.0 Å². The van der Waals surface area contributed by atoms with Crippen molar-refractivity contribution in [2.45, 2.75) is 30.1 Å². The Labute approximate surface area is 210 Å². The summed E-state index contributed by atoms with van der Waals surface area (Å²) in [5, 5.41) is 3.03. The summed E-state index contributed by atoms with van der Waals surface area (Å²) < 4.78 is 30.7. The first-order valence-corrected chi connectivity index (χ1v) is 13.6.